The third-order valence-corrected chi connectivity index (χ3v) is 5.19. The number of rotatable bonds is 5. The Morgan fingerprint density at radius 3 is 2.79 bits per heavy atom. The van der Waals surface area contributed by atoms with E-state index in [1.54, 1.807) is 19.3 Å². The van der Waals surface area contributed by atoms with Crippen LogP contribution in [0.3, 0.4) is 0 Å². The number of nitrogens with zero attached hydrogens (tertiary/aromatic N) is 1. The van der Waals surface area contributed by atoms with Gasteiger partial charge >= 0.3 is 0 Å². The molecule has 0 aliphatic heterocycles. The summed E-state index contributed by atoms with van der Waals surface area (Å²) in [5, 5.41) is 4.80. The molecule has 2 N–H and O–H groups in total. The number of hydrogen-bond acceptors (Lipinski definition) is 5. The second-order valence-corrected chi connectivity index (χ2v) is 6.71. The summed E-state index contributed by atoms with van der Waals surface area (Å²) in [6.07, 6.45) is 2.89. The Hall–Kier alpha value is -1.44. The van der Waals surface area contributed by atoms with E-state index in [0.29, 0.717) is 12.2 Å². The summed E-state index contributed by atoms with van der Waals surface area (Å²) < 4.78 is 27.1. The molecule has 0 atom stereocenters. The zero-order chi connectivity index (χ0) is 13.9. The summed E-state index contributed by atoms with van der Waals surface area (Å²) in [7, 11) is -1.89. The van der Waals surface area contributed by atoms with Crippen molar-refractivity contribution in [3.8, 4) is 0 Å². The molecule has 0 unspecified atom stereocenters. The number of aryl methyl sites for hydroxylation is 1. The van der Waals surface area contributed by atoms with Crippen LogP contribution in [0.25, 0.3) is 0 Å². The maximum absolute atomic E-state index is 12.2. The molecule has 0 spiro atoms. The van der Waals surface area contributed by atoms with Gasteiger partial charge in [-0.15, -0.1) is 11.3 Å². The second kappa shape index (κ2) is 5.68. The minimum atomic E-state index is -3.56. The highest BCUT2D eigenvalue weighted by atomic mass is 32.2. The van der Waals surface area contributed by atoms with Crippen LogP contribution in [0.5, 0.6) is 0 Å². The summed E-state index contributed by atoms with van der Waals surface area (Å²) in [5.74, 6) is 0. The summed E-state index contributed by atoms with van der Waals surface area (Å²) in [6, 6.07) is 3.60. The first-order valence-corrected chi connectivity index (χ1v) is 8.05. The SMILES string of the molecule is CNc1ccncc1S(=O)(=O)NCc1sccc1C. The fourth-order valence-corrected chi connectivity index (χ4v) is 3.71. The van der Waals surface area contributed by atoms with Crippen molar-refractivity contribution in [2.24, 2.45) is 0 Å². The Bertz CT molecular complexity index is 665. The van der Waals surface area contributed by atoms with Crippen molar-refractivity contribution in [2.45, 2.75) is 18.4 Å². The van der Waals surface area contributed by atoms with Crippen molar-refractivity contribution < 1.29 is 8.42 Å². The third-order valence-electron chi connectivity index (χ3n) is 2.73. The zero-order valence-electron chi connectivity index (χ0n) is 10.7. The standard InChI is InChI=1S/C12H15N3O2S2/c1-9-4-6-18-11(9)7-15-19(16,17)12-8-14-5-3-10(12)13-2/h3-6,8,15H,7H2,1-2H3,(H,13,14). The molecule has 0 saturated carbocycles. The van der Waals surface area contributed by atoms with Crippen LogP contribution in [0.15, 0.2) is 34.8 Å². The van der Waals surface area contributed by atoms with Gasteiger partial charge in [-0.1, -0.05) is 0 Å². The van der Waals surface area contributed by atoms with Crippen LogP contribution >= 0.6 is 11.3 Å². The van der Waals surface area contributed by atoms with Crippen molar-refractivity contribution in [1.29, 1.82) is 0 Å². The normalized spacial score (nSPS) is 11.5. The lowest BCUT2D eigenvalue weighted by atomic mass is 10.3. The van der Waals surface area contributed by atoms with E-state index >= 15 is 0 Å². The molecule has 2 aromatic rings. The van der Waals surface area contributed by atoms with Gasteiger partial charge in [0, 0.05) is 30.9 Å². The van der Waals surface area contributed by atoms with E-state index in [0.717, 1.165) is 10.4 Å². The molecule has 0 radical (unpaired) electrons. The predicted octanol–water partition coefficient (Wildman–Crippen LogP) is 1.97. The minimum Gasteiger partial charge on any atom is -0.387 e. The van der Waals surface area contributed by atoms with Crippen LogP contribution in [-0.2, 0) is 16.6 Å². The number of hydrogen-bond donors (Lipinski definition) is 2. The molecule has 5 nitrogen and oxygen atoms in total. The number of thiophene rings is 1. The van der Waals surface area contributed by atoms with E-state index in [9.17, 15) is 8.42 Å². The summed E-state index contributed by atoms with van der Waals surface area (Å²) in [6.45, 7) is 2.26. The number of anilines is 1. The number of pyridine rings is 1. The topological polar surface area (TPSA) is 71.1 Å². The van der Waals surface area contributed by atoms with Gasteiger partial charge in [-0.3, -0.25) is 4.98 Å². The van der Waals surface area contributed by atoms with E-state index in [4.69, 9.17) is 0 Å². The molecule has 0 aliphatic rings. The Kier molecular flexibility index (Phi) is 4.18. The highest BCUT2D eigenvalue weighted by molar-refractivity contribution is 7.89. The molecule has 0 aliphatic carbocycles. The Labute approximate surface area is 116 Å². The zero-order valence-corrected chi connectivity index (χ0v) is 12.3. The average molecular weight is 297 g/mol. The van der Waals surface area contributed by atoms with E-state index < -0.39 is 10.0 Å². The first-order valence-electron chi connectivity index (χ1n) is 5.69. The maximum Gasteiger partial charge on any atom is 0.244 e. The van der Waals surface area contributed by atoms with Crippen molar-refractivity contribution in [2.75, 3.05) is 12.4 Å². The van der Waals surface area contributed by atoms with Gasteiger partial charge in [0.05, 0.1) is 5.69 Å². The summed E-state index contributed by atoms with van der Waals surface area (Å²) in [4.78, 5) is 5.04. The Balaban J connectivity index is 2.21. The molecule has 0 bridgehead atoms. The molecule has 2 aromatic heterocycles. The molecule has 19 heavy (non-hydrogen) atoms. The largest absolute Gasteiger partial charge is 0.387 e. The number of aromatic nitrogens is 1. The molecule has 2 rings (SSSR count). The lowest BCUT2D eigenvalue weighted by Gasteiger charge is -2.10. The van der Waals surface area contributed by atoms with Gasteiger partial charge in [0.15, 0.2) is 0 Å². The van der Waals surface area contributed by atoms with Gasteiger partial charge < -0.3 is 5.32 Å². The van der Waals surface area contributed by atoms with E-state index in [-0.39, 0.29) is 4.90 Å². The first-order chi connectivity index (χ1) is 9.04. The van der Waals surface area contributed by atoms with Crippen molar-refractivity contribution in [3.05, 3.63) is 40.3 Å². The number of nitrogens with one attached hydrogen (secondary N) is 2. The second-order valence-electron chi connectivity index (χ2n) is 3.97. The van der Waals surface area contributed by atoms with Gasteiger partial charge in [-0.2, -0.15) is 0 Å². The summed E-state index contributed by atoms with van der Waals surface area (Å²) >= 11 is 1.54. The van der Waals surface area contributed by atoms with E-state index in [1.807, 2.05) is 18.4 Å². The van der Waals surface area contributed by atoms with Gasteiger partial charge in [-0.25, -0.2) is 13.1 Å². The highest BCUT2D eigenvalue weighted by Gasteiger charge is 2.18. The third kappa shape index (κ3) is 3.12. The van der Waals surface area contributed by atoms with Crippen molar-refractivity contribution in [3.63, 3.8) is 0 Å². The molecule has 0 amide bonds. The minimum absolute atomic E-state index is 0.159. The molecule has 2 heterocycles. The highest BCUT2D eigenvalue weighted by Crippen LogP contribution is 2.20. The van der Waals surface area contributed by atoms with Crippen LogP contribution < -0.4 is 10.0 Å². The Morgan fingerprint density at radius 1 is 1.37 bits per heavy atom. The first kappa shape index (κ1) is 14.0. The molecule has 102 valence electrons. The van der Waals surface area contributed by atoms with Gasteiger partial charge in [0.2, 0.25) is 10.0 Å². The fraction of sp³-hybridized carbons (Fsp3) is 0.250. The van der Waals surface area contributed by atoms with Crippen LogP contribution in [0.2, 0.25) is 0 Å². The van der Waals surface area contributed by atoms with E-state index in [1.165, 1.54) is 17.5 Å². The molecule has 0 saturated heterocycles. The van der Waals surface area contributed by atoms with Crippen LogP contribution in [0.1, 0.15) is 10.4 Å². The van der Waals surface area contributed by atoms with Crippen molar-refractivity contribution >= 4 is 27.0 Å². The van der Waals surface area contributed by atoms with Gasteiger partial charge in [0.25, 0.3) is 0 Å². The molecule has 0 aromatic carbocycles. The molecule has 7 heteroatoms. The lowest BCUT2D eigenvalue weighted by molar-refractivity contribution is 0.581. The van der Waals surface area contributed by atoms with Crippen molar-refractivity contribution in [1.82, 2.24) is 9.71 Å². The maximum atomic E-state index is 12.2. The number of sulfonamides is 1. The lowest BCUT2D eigenvalue weighted by Crippen LogP contribution is -2.24. The quantitative estimate of drug-likeness (QED) is 0.885. The van der Waals surface area contributed by atoms with Crippen LogP contribution in [0.4, 0.5) is 5.69 Å². The van der Waals surface area contributed by atoms with Crippen LogP contribution in [0, 0.1) is 6.92 Å². The fourth-order valence-electron chi connectivity index (χ4n) is 1.62. The molecular formula is C12H15N3O2S2. The Morgan fingerprint density at radius 2 is 2.16 bits per heavy atom. The molecule has 0 fully saturated rings. The molecular weight excluding hydrogens is 282 g/mol. The van der Waals surface area contributed by atoms with Gasteiger partial charge in [-0.05, 0) is 30.0 Å². The van der Waals surface area contributed by atoms with Gasteiger partial charge in [0.1, 0.15) is 4.90 Å². The predicted molar refractivity (Wildman–Crippen MR) is 76.9 cm³/mol. The summed E-state index contributed by atoms with van der Waals surface area (Å²) in [5.41, 5.74) is 1.62. The van der Waals surface area contributed by atoms with E-state index in [2.05, 4.69) is 15.0 Å². The monoisotopic (exact) mass is 297 g/mol. The average Bonchev–Trinajstić information content (AvgIpc) is 2.82. The smallest absolute Gasteiger partial charge is 0.244 e. The van der Waals surface area contributed by atoms with Crippen LogP contribution in [-0.4, -0.2) is 20.4 Å².